The number of aromatic nitrogens is 1. The number of hydrogen-bond acceptors (Lipinski definition) is 3. The van der Waals surface area contributed by atoms with Crippen LogP contribution < -0.4 is 5.32 Å². The summed E-state index contributed by atoms with van der Waals surface area (Å²) in [6, 6.07) is 29.6. The number of rotatable bonds is 6. The molecule has 0 saturated heterocycles. The number of carbonyl (C=O) groups is 1. The van der Waals surface area contributed by atoms with Crippen LogP contribution in [-0.4, -0.2) is 10.9 Å². The number of nitrogens with zero attached hydrogens (tertiary/aromatic N) is 1. The highest BCUT2D eigenvalue weighted by Crippen LogP contribution is 2.29. The van der Waals surface area contributed by atoms with Gasteiger partial charge in [0.15, 0.2) is 0 Å². The molecule has 29 heavy (non-hydrogen) atoms. The first-order chi connectivity index (χ1) is 14.1. The fourth-order valence-corrected chi connectivity index (χ4v) is 3.44. The van der Waals surface area contributed by atoms with E-state index in [1.165, 1.54) is 0 Å². The molecule has 0 saturated carbocycles. The zero-order valence-electron chi connectivity index (χ0n) is 16.2. The number of nitrogens with one attached hydrogen (secondary N) is 1. The lowest BCUT2D eigenvalue weighted by atomic mass is 9.84. The Morgan fingerprint density at radius 2 is 1.38 bits per heavy atom. The fourth-order valence-electron chi connectivity index (χ4n) is 3.44. The smallest absolute Gasteiger partial charge is 0.227 e. The van der Waals surface area contributed by atoms with Gasteiger partial charge in [0.1, 0.15) is 6.26 Å². The number of hydrogen-bond donors (Lipinski definition) is 1. The van der Waals surface area contributed by atoms with Gasteiger partial charge >= 0.3 is 0 Å². The first-order valence-corrected chi connectivity index (χ1v) is 9.57. The molecule has 0 spiro atoms. The molecule has 1 heterocycles. The molecule has 0 aliphatic carbocycles. The van der Waals surface area contributed by atoms with Crippen molar-refractivity contribution in [2.45, 2.75) is 18.9 Å². The zero-order valence-corrected chi connectivity index (χ0v) is 16.2. The van der Waals surface area contributed by atoms with Crippen LogP contribution in [-0.2, 0) is 16.8 Å². The van der Waals surface area contributed by atoms with Crippen molar-refractivity contribution in [3.63, 3.8) is 0 Å². The molecule has 0 bridgehead atoms. The van der Waals surface area contributed by atoms with E-state index in [1.807, 2.05) is 97.9 Å². The normalized spacial score (nSPS) is 11.2. The molecular weight excluding hydrogens is 360 g/mol. The molecule has 4 aromatic rings. The van der Waals surface area contributed by atoms with Gasteiger partial charge in [-0.3, -0.25) is 4.79 Å². The lowest BCUT2D eigenvalue weighted by Crippen LogP contribution is -2.45. The number of carbonyl (C=O) groups excluding carboxylic acids is 1. The Morgan fingerprint density at radius 1 is 0.862 bits per heavy atom. The maximum atomic E-state index is 12.9. The summed E-state index contributed by atoms with van der Waals surface area (Å²) in [5.41, 5.74) is 2.88. The molecule has 0 aliphatic heterocycles. The molecule has 0 aliphatic rings. The number of oxazole rings is 1. The Hall–Kier alpha value is -3.66. The molecular formula is C25H22N2O2. The monoisotopic (exact) mass is 382 g/mol. The minimum atomic E-state index is -0.647. The van der Waals surface area contributed by atoms with E-state index in [0.717, 1.165) is 16.7 Å². The molecule has 1 N–H and O–H groups in total. The first kappa shape index (κ1) is 18.7. The first-order valence-electron chi connectivity index (χ1n) is 9.57. The SMILES string of the molecule is CC(NC(=O)Cc1coc(-c2ccccc2)n1)(c1ccccc1)c1ccccc1. The van der Waals surface area contributed by atoms with Crippen LogP contribution in [0.15, 0.2) is 102 Å². The molecule has 0 unspecified atom stereocenters. The summed E-state index contributed by atoms with van der Waals surface area (Å²) in [6.07, 6.45) is 1.69. The van der Waals surface area contributed by atoms with E-state index >= 15 is 0 Å². The van der Waals surface area contributed by atoms with E-state index in [1.54, 1.807) is 6.26 Å². The van der Waals surface area contributed by atoms with Crippen molar-refractivity contribution < 1.29 is 9.21 Å². The van der Waals surface area contributed by atoms with Crippen LogP contribution in [0.3, 0.4) is 0 Å². The van der Waals surface area contributed by atoms with Gasteiger partial charge in [-0.05, 0) is 30.2 Å². The second-order valence-corrected chi connectivity index (χ2v) is 7.09. The molecule has 144 valence electrons. The van der Waals surface area contributed by atoms with Crippen LogP contribution in [0.1, 0.15) is 23.7 Å². The fraction of sp³-hybridized carbons (Fsp3) is 0.120. The third-order valence-electron chi connectivity index (χ3n) is 5.01. The van der Waals surface area contributed by atoms with Crippen LogP contribution in [0.2, 0.25) is 0 Å². The van der Waals surface area contributed by atoms with Gasteiger partial charge in [0.05, 0.1) is 17.7 Å². The highest BCUT2D eigenvalue weighted by Gasteiger charge is 2.30. The second kappa shape index (κ2) is 8.15. The van der Waals surface area contributed by atoms with Crippen molar-refractivity contribution in [3.8, 4) is 11.5 Å². The van der Waals surface area contributed by atoms with E-state index in [-0.39, 0.29) is 12.3 Å². The highest BCUT2D eigenvalue weighted by molar-refractivity contribution is 5.80. The summed E-state index contributed by atoms with van der Waals surface area (Å²) < 4.78 is 5.56. The molecule has 3 aromatic carbocycles. The lowest BCUT2D eigenvalue weighted by molar-refractivity contribution is -0.121. The predicted molar refractivity (Wildman–Crippen MR) is 113 cm³/mol. The summed E-state index contributed by atoms with van der Waals surface area (Å²) in [6.45, 7) is 2.02. The number of benzene rings is 3. The second-order valence-electron chi connectivity index (χ2n) is 7.09. The average Bonchev–Trinajstić information content (AvgIpc) is 3.24. The van der Waals surface area contributed by atoms with Gasteiger partial charge in [-0.25, -0.2) is 4.98 Å². The van der Waals surface area contributed by atoms with Crippen molar-refractivity contribution in [2.75, 3.05) is 0 Å². The van der Waals surface area contributed by atoms with Crippen molar-refractivity contribution in [2.24, 2.45) is 0 Å². The van der Waals surface area contributed by atoms with Gasteiger partial charge in [0, 0.05) is 5.56 Å². The maximum absolute atomic E-state index is 12.9. The average molecular weight is 382 g/mol. The lowest BCUT2D eigenvalue weighted by Gasteiger charge is -2.32. The Labute approximate surface area is 170 Å². The van der Waals surface area contributed by atoms with Crippen LogP contribution in [0.5, 0.6) is 0 Å². The van der Waals surface area contributed by atoms with Crippen LogP contribution in [0.25, 0.3) is 11.5 Å². The summed E-state index contributed by atoms with van der Waals surface area (Å²) in [7, 11) is 0. The molecule has 0 atom stereocenters. The third kappa shape index (κ3) is 4.11. The largest absolute Gasteiger partial charge is 0.444 e. The van der Waals surface area contributed by atoms with Gasteiger partial charge in [0.2, 0.25) is 11.8 Å². The minimum Gasteiger partial charge on any atom is -0.444 e. The van der Waals surface area contributed by atoms with E-state index < -0.39 is 5.54 Å². The summed E-state index contributed by atoms with van der Waals surface area (Å²) in [4.78, 5) is 17.4. The standard InChI is InChI=1S/C25H22N2O2/c1-25(20-13-7-3-8-14-20,21-15-9-4-10-16-21)27-23(28)17-22-18-29-24(26-22)19-11-5-2-6-12-19/h2-16,18H,17H2,1H3,(H,27,28). The molecule has 0 fully saturated rings. The summed E-state index contributed by atoms with van der Waals surface area (Å²) in [5, 5.41) is 3.20. The van der Waals surface area contributed by atoms with Crippen LogP contribution in [0, 0.1) is 0 Å². The van der Waals surface area contributed by atoms with Crippen molar-refractivity contribution in [1.29, 1.82) is 0 Å². The Kier molecular flexibility index (Phi) is 5.25. The number of amides is 1. The van der Waals surface area contributed by atoms with Crippen LogP contribution >= 0.6 is 0 Å². The van der Waals surface area contributed by atoms with E-state index in [4.69, 9.17) is 4.42 Å². The maximum Gasteiger partial charge on any atom is 0.227 e. The molecule has 4 nitrogen and oxygen atoms in total. The molecule has 1 aromatic heterocycles. The predicted octanol–water partition coefficient (Wildman–Crippen LogP) is 4.96. The summed E-state index contributed by atoms with van der Waals surface area (Å²) >= 11 is 0. The highest BCUT2D eigenvalue weighted by atomic mass is 16.3. The van der Waals surface area contributed by atoms with E-state index in [9.17, 15) is 4.79 Å². The van der Waals surface area contributed by atoms with E-state index in [0.29, 0.717) is 11.6 Å². The third-order valence-corrected chi connectivity index (χ3v) is 5.01. The molecule has 0 radical (unpaired) electrons. The van der Waals surface area contributed by atoms with Crippen LogP contribution in [0.4, 0.5) is 0 Å². The quantitative estimate of drug-likeness (QED) is 0.513. The molecule has 4 rings (SSSR count). The van der Waals surface area contributed by atoms with Gasteiger partial charge < -0.3 is 9.73 Å². The van der Waals surface area contributed by atoms with Gasteiger partial charge in [-0.15, -0.1) is 0 Å². The Morgan fingerprint density at radius 3 is 1.93 bits per heavy atom. The molecule has 1 amide bonds. The topological polar surface area (TPSA) is 55.1 Å². The van der Waals surface area contributed by atoms with Gasteiger partial charge in [0.25, 0.3) is 0 Å². The zero-order chi connectivity index (χ0) is 20.1. The van der Waals surface area contributed by atoms with Crippen molar-refractivity contribution in [3.05, 3.63) is 114 Å². The van der Waals surface area contributed by atoms with Gasteiger partial charge in [-0.1, -0.05) is 78.9 Å². The molecule has 4 heteroatoms. The Bertz CT molecular complexity index is 1030. The van der Waals surface area contributed by atoms with Crippen molar-refractivity contribution >= 4 is 5.91 Å². The van der Waals surface area contributed by atoms with Gasteiger partial charge in [-0.2, -0.15) is 0 Å². The Balaban J connectivity index is 1.56. The van der Waals surface area contributed by atoms with E-state index in [2.05, 4.69) is 10.3 Å². The summed E-state index contributed by atoms with van der Waals surface area (Å²) in [5.74, 6) is 0.399. The van der Waals surface area contributed by atoms with Crippen molar-refractivity contribution in [1.82, 2.24) is 10.3 Å². The minimum absolute atomic E-state index is 0.117.